The van der Waals surface area contributed by atoms with E-state index in [1.165, 1.54) is 10.9 Å². The second kappa shape index (κ2) is 7.18. The molecule has 7 nitrogen and oxygen atoms in total. The Hall–Kier alpha value is -3.87. The molecule has 0 atom stereocenters. The summed E-state index contributed by atoms with van der Waals surface area (Å²) in [6.07, 6.45) is 1.22. The van der Waals surface area contributed by atoms with Gasteiger partial charge >= 0.3 is 6.18 Å². The number of H-pyrrole nitrogens is 1. The summed E-state index contributed by atoms with van der Waals surface area (Å²) < 4.78 is 41.5. The number of aromatic amines is 1. The van der Waals surface area contributed by atoms with Crippen LogP contribution < -0.4 is 5.32 Å². The molecular formula is C20H16F3N7. The summed E-state index contributed by atoms with van der Waals surface area (Å²) in [5.41, 5.74) is 2.12. The van der Waals surface area contributed by atoms with Crippen LogP contribution in [0.4, 0.5) is 24.8 Å². The van der Waals surface area contributed by atoms with Gasteiger partial charge in [0.15, 0.2) is 5.82 Å². The van der Waals surface area contributed by atoms with Crippen LogP contribution >= 0.6 is 0 Å². The lowest BCUT2D eigenvalue weighted by Crippen LogP contribution is -2.07. The first-order valence-electron chi connectivity index (χ1n) is 9.06. The number of anilines is 2. The molecule has 0 saturated heterocycles. The van der Waals surface area contributed by atoms with Crippen molar-refractivity contribution in [3.63, 3.8) is 0 Å². The largest absolute Gasteiger partial charge is 0.421 e. The van der Waals surface area contributed by atoms with E-state index < -0.39 is 11.7 Å². The van der Waals surface area contributed by atoms with Crippen molar-refractivity contribution in [2.45, 2.75) is 26.6 Å². The average Bonchev–Trinajstić information content (AvgIpc) is 3.31. The monoisotopic (exact) mass is 411 g/mol. The van der Waals surface area contributed by atoms with Crippen molar-refractivity contribution in [1.82, 2.24) is 24.7 Å². The fraction of sp³-hybridized carbons (Fsp3) is 0.200. The molecule has 0 aliphatic carbocycles. The molecule has 10 heteroatoms. The number of aromatic nitrogens is 5. The van der Waals surface area contributed by atoms with Gasteiger partial charge in [0.25, 0.3) is 0 Å². The molecular weight excluding hydrogens is 395 g/mol. The van der Waals surface area contributed by atoms with Gasteiger partial charge in [0.2, 0.25) is 0 Å². The minimum atomic E-state index is -4.57. The highest BCUT2D eigenvalue weighted by molar-refractivity contribution is 5.98. The molecule has 152 valence electrons. The number of fused-ring (bicyclic) bond motifs is 1. The molecule has 4 aromatic rings. The molecule has 4 heterocycles. The van der Waals surface area contributed by atoms with E-state index in [4.69, 9.17) is 0 Å². The molecule has 2 N–H and O–H groups in total. The Morgan fingerprint density at radius 1 is 1.27 bits per heavy atom. The molecule has 0 saturated carbocycles. The van der Waals surface area contributed by atoms with E-state index >= 15 is 0 Å². The standard InChI is InChI=1S/C20H16F3N7/c1-3-30-10-15(20(21,22)23)18(29-30)27-16-5-14(12-4-11(2)7-25-8-12)17-13(6-24)9-26-19(17)28-16/h4-5,7-10H,3H2,1-2H3,(H2,26,27,28,29). The zero-order valence-electron chi connectivity index (χ0n) is 16.0. The van der Waals surface area contributed by atoms with E-state index in [9.17, 15) is 18.4 Å². The van der Waals surface area contributed by atoms with Crippen molar-refractivity contribution in [3.05, 3.63) is 53.6 Å². The third-order valence-corrected chi connectivity index (χ3v) is 4.59. The zero-order chi connectivity index (χ0) is 21.5. The Morgan fingerprint density at radius 2 is 2.07 bits per heavy atom. The van der Waals surface area contributed by atoms with Crippen molar-refractivity contribution in [2.75, 3.05) is 5.32 Å². The Labute approximate surface area is 169 Å². The number of hydrogen-bond acceptors (Lipinski definition) is 5. The summed E-state index contributed by atoms with van der Waals surface area (Å²) in [5.74, 6) is -0.172. The molecule has 0 aromatic carbocycles. The van der Waals surface area contributed by atoms with Gasteiger partial charge < -0.3 is 10.3 Å². The number of aryl methyl sites for hydroxylation is 2. The van der Waals surface area contributed by atoms with E-state index in [1.54, 1.807) is 25.4 Å². The summed E-state index contributed by atoms with van der Waals surface area (Å²) in [5, 5.41) is 16.7. The van der Waals surface area contributed by atoms with E-state index in [2.05, 4.69) is 31.4 Å². The highest BCUT2D eigenvalue weighted by Crippen LogP contribution is 2.37. The first-order valence-corrected chi connectivity index (χ1v) is 9.06. The number of nitriles is 1. The molecule has 4 rings (SSSR count). The van der Waals surface area contributed by atoms with Crippen molar-refractivity contribution in [3.8, 4) is 17.2 Å². The maximum absolute atomic E-state index is 13.4. The Bertz CT molecular complexity index is 1280. The van der Waals surface area contributed by atoms with Crippen LogP contribution in [0.1, 0.15) is 23.6 Å². The van der Waals surface area contributed by atoms with Crippen molar-refractivity contribution < 1.29 is 13.2 Å². The number of hydrogen-bond donors (Lipinski definition) is 2. The van der Waals surface area contributed by atoms with Gasteiger partial charge in [-0.05, 0) is 37.1 Å². The van der Waals surface area contributed by atoms with Crippen LogP contribution in [0.25, 0.3) is 22.2 Å². The lowest BCUT2D eigenvalue weighted by Gasteiger charge is -2.11. The molecule has 0 spiro atoms. The Morgan fingerprint density at radius 3 is 2.73 bits per heavy atom. The summed E-state index contributed by atoms with van der Waals surface area (Å²) in [6.45, 7) is 3.87. The van der Waals surface area contributed by atoms with Gasteiger partial charge in [-0.25, -0.2) is 4.98 Å². The lowest BCUT2D eigenvalue weighted by molar-refractivity contribution is -0.137. The molecule has 4 aromatic heterocycles. The third-order valence-electron chi connectivity index (χ3n) is 4.59. The molecule has 0 radical (unpaired) electrons. The number of halogens is 3. The third kappa shape index (κ3) is 3.45. The fourth-order valence-electron chi connectivity index (χ4n) is 3.22. The SMILES string of the molecule is CCn1cc(C(F)(F)F)c(Nc2cc(-c3cncc(C)c3)c3c(C#N)c[nH]c3n2)n1. The average molecular weight is 411 g/mol. The van der Waals surface area contributed by atoms with Crippen molar-refractivity contribution in [1.29, 1.82) is 5.26 Å². The van der Waals surface area contributed by atoms with E-state index in [0.29, 0.717) is 28.7 Å². The predicted octanol–water partition coefficient (Wildman–Crippen LogP) is 4.78. The molecule has 30 heavy (non-hydrogen) atoms. The number of nitrogens with one attached hydrogen (secondary N) is 2. The van der Waals surface area contributed by atoms with E-state index in [-0.39, 0.29) is 11.6 Å². The van der Waals surface area contributed by atoms with Gasteiger partial charge in [0.05, 0.1) is 5.56 Å². The molecule has 0 bridgehead atoms. The zero-order valence-corrected chi connectivity index (χ0v) is 16.0. The first-order chi connectivity index (χ1) is 14.3. The highest BCUT2D eigenvalue weighted by atomic mass is 19.4. The summed E-state index contributed by atoms with van der Waals surface area (Å²) in [6, 6.07) is 5.58. The maximum atomic E-state index is 13.4. The molecule has 0 aliphatic heterocycles. The van der Waals surface area contributed by atoms with Crippen LogP contribution in [-0.4, -0.2) is 24.7 Å². The smallest absolute Gasteiger partial charge is 0.345 e. The summed E-state index contributed by atoms with van der Waals surface area (Å²) in [7, 11) is 0. The predicted molar refractivity (Wildman–Crippen MR) is 105 cm³/mol. The second-order valence-corrected chi connectivity index (χ2v) is 6.71. The van der Waals surface area contributed by atoms with Gasteiger partial charge in [0, 0.05) is 42.3 Å². The van der Waals surface area contributed by atoms with Crippen LogP contribution in [-0.2, 0) is 12.7 Å². The molecule has 0 amide bonds. The minimum absolute atomic E-state index is 0.164. The van der Waals surface area contributed by atoms with Crippen LogP contribution in [0.3, 0.4) is 0 Å². The van der Waals surface area contributed by atoms with Crippen molar-refractivity contribution >= 4 is 22.7 Å². The number of pyridine rings is 2. The summed E-state index contributed by atoms with van der Waals surface area (Å²) >= 11 is 0. The van der Waals surface area contributed by atoms with E-state index in [1.807, 2.05) is 13.0 Å². The highest BCUT2D eigenvalue weighted by Gasteiger charge is 2.36. The van der Waals surface area contributed by atoms with Crippen molar-refractivity contribution in [2.24, 2.45) is 0 Å². The molecule has 0 unspecified atom stereocenters. The van der Waals surface area contributed by atoms with Gasteiger partial charge in [-0.15, -0.1) is 0 Å². The summed E-state index contributed by atoms with van der Waals surface area (Å²) in [4.78, 5) is 11.4. The molecule has 0 fully saturated rings. The maximum Gasteiger partial charge on any atom is 0.421 e. The first kappa shape index (κ1) is 19.4. The van der Waals surface area contributed by atoms with Crippen LogP contribution in [0, 0.1) is 18.3 Å². The molecule has 0 aliphatic rings. The lowest BCUT2D eigenvalue weighted by atomic mass is 10.0. The van der Waals surface area contributed by atoms with Gasteiger partial charge in [-0.2, -0.15) is 23.5 Å². The topological polar surface area (TPSA) is 95.2 Å². The van der Waals surface area contributed by atoms with Gasteiger partial charge in [-0.1, -0.05) is 0 Å². The second-order valence-electron chi connectivity index (χ2n) is 6.71. The Balaban J connectivity index is 1.88. The number of alkyl halides is 3. The fourth-order valence-corrected chi connectivity index (χ4v) is 3.22. The normalized spacial score (nSPS) is 11.6. The van der Waals surface area contributed by atoms with Crippen LogP contribution in [0.15, 0.2) is 36.9 Å². The number of rotatable bonds is 4. The van der Waals surface area contributed by atoms with E-state index in [0.717, 1.165) is 17.3 Å². The van der Waals surface area contributed by atoms with Gasteiger partial charge in [0.1, 0.15) is 23.1 Å². The number of nitrogens with zero attached hydrogens (tertiary/aromatic N) is 5. The Kier molecular flexibility index (Phi) is 4.66. The van der Waals surface area contributed by atoms with Gasteiger partial charge in [-0.3, -0.25) is 9.67 Å². The van der Waals surface area contributed by atoms with Crippen LogP contribution in [0.5, 0.6) is 0 Å². The minimum Gasteiger partial charge on any atom is -0.345 e. The van der Waals surface area contributed by atoms with Crippen LogP contribution in [0.2, 0.25) is 0 Å². The quantitative estimate of drug-likeness (QED) is 0.504.